The molecule has 0 radical (unpaired) electrons. The maximum Gasteiger partial charge on any atom is 0.307 e. The second-order valence-electron chi connectivity index (χ2n) is 5.03. The second-order valence-corrected chi connectivity index (χ2v) is 5.03. The Labute approximate surface area is 118 Å². The number of aliphatic carboxylic acids is 1. The van der Waals surface area contributed by atoms with Crippen molar-refractivity contribution in [3.8, 4) is 0 Å². The van der Waals surface area contributed by atoms with E-state index in [0.717, 1.165) is 6.42 Å². The molecular weight excluding hydrogens is 236 g/mol. The average Bonchev–Trinajstić information content (AvgIpc) is 2.39. The molecule has 2 heteroatoms. The predicted molar refractivity (Wildman–Crippen MR) is 82.4 cm³/mol. The Bertz CT molecular complexity index is 254. The van der Waals surface area contributed by atoms with Gasteiger partial charge in [0, 0.05) is 0 Å². The third-order valence-corrected chi connectivity index (χ3v) is 3.09. The number of carboxylic acids is 1. The number of unbranched alkanes of at least 4 members (excludes halogenated alkanes) is 8. The molecule has 0 saturated carbocycles. The van der Waals surface area contributed by atoms with Gasteiger partial charge in [-0.25, -0.2) is 0 Å². The highest BCUT2D eigenvalue weighted by molar-refractivity contribution is 5.68. The van der Waals surface area contributed by atoms with Crippen molar-refractivity contribution in [2.24, 2.45) is 0 Å². The van der Waals surface area contributed by atoms with E-state index in [1.54, 1.807) is 6.08 Å². The van der Waals surface area contributed by atoms with Gasteiger partial charge in [-0.15, -0.1) is 0 Å². The topological polar surface area (TPSA) is 37.3 Å². The summed E-state index contributed by atoms with van der Waals surface area (Å²) >= 11 is 0. The molecule has 0 aliphatic carbocycles. The Morgan fingerprint density at radius 1 is 0.789 bits per heavy atom. The van der Waals surface area contributed by atoms with Gasteiger partial charge in [-0.1, -0.05) is 63.3 Å². The summed E-state index contributed by atoms with van der Waals surface area (Å²) in [4.78, 5) is 10.3. The van der Waals surface area contributed by atoms with E-state index in [1.165, 1.54) is 57.8 Å². The summed E-state index contributed by atoms with van der Waals surface area (Å²) in [6.07, 6.45) is 21.0. The lowest BCUT2D eigenvalue weighted by Crippen LogP contribution is -1.89. The number of carbonyl (C=O) groups is 1. The van der Waals surface area contributed by atoms with Gasteiger partial charge in [-0.2, -0.15) is 0 Å². The van der Waals surface area contributed by atoms with Gasteiger partial charge in [0.05, 0.1) is 6.42 Å². The molecule has 0 amide bonds. The molecule has 0 aliphatic rings. The van der Waals surface area contributed by atoms with E-state index >= 15 is 0 Å². The minimum absolute atomic E-state index is 0.157. The summed E-state index contributed by atoms with van der Waals surface area (Å²) in [5.41, 5.74) is 0. The molecule has 0 aromatic rings. The maximum atomic E-state index is 10.3. The molecule has 0 atom stereocenters. The standard InChI is InChI=1S/C17H30O2/c1-2-3-4-5-6-7-8-9-10-11-12-13-14-15-16-17(18)19/h5-6,14-15H,2-4,7-13,16H2,1H3,(H,18,19). The van der Waals surface area contributed by atoms with Crippen LogP contribution in [0, 0.1) is 0 Å². The Morgan fingerprint density at radius 3 is 1.79 bits per heavy atom. The summed E-state index contributed by atoms with van der Waals surface area (Å²) in [7, 11) is 0. The molecular formula is C17H30O2. The van der Waals surface area contributed by atoms with E-state index in [9.17, 15) is 4.79 Å². The zero-order chi connectivity index (χ0) is 14.2. The molecule has 1 N–H and O–H groups in total. The molecule has 2 nitrogen and oxygen atoms in total. The average molecular weight is 266 g/mol. The zero-order valence-corrected chi connectivity index (χ0v) is 12.4. The highest BCUT2D eigenvalue weighted by Gasteiger charge is 1.90. The fraction of sp³-hybridized carbons (Fsp3) is 0.706. The molecule has 19 heavy (non-hydrogen) atoms. The minimum atomic E-state index is -0.747. The fourth-order valence-electron chi connectivity index (χ4n) is 1.91. The van der Waals surface area contributed by atoms with E-state index in [-0.39, 0.29) is 6.42 Å². The van der Waals surface area contributed by atoms with Gasteiger partial charge in [-0.05, 0) is 32.1 Å². The zero-order valence-electron chi connectivity index (χ0n) is 12.4. The SMILES string of the molecule is CCCCC=CCCCCCCCC=CCC(=O)O. The lowest BCUT2D eigenvalue weighted by Gasteiger charge is -1.98. The van der Waals surface area contributed by atoms with Gasteiger partial charge in [0.15, 0.2) is 0 Å². The van der Waals surface area contributed by atoms with Crippen LogP contribution in [-0.4, -0.2) is 11.1 Å². The lowest BCUT2D eigenvalue weighted by atomic mass is 10.1. The molecule has 110 valence electrons. The third kappa shape index (κ3) is 16.9. The van der Waals surface area contributed by atoms with Crippen LogP contribution < -0.4 is 0 Å². The predicted octanol–water partition coefficient (Wildman–Crippen LogP) is 5.49. The van der Waals surface area contributed by atoms with Crippen LogP contribution in [0.2, 0.25) is 0 Å². The van der Waals surface area contributed by atoms with Crippen LogP contribution in [0.15, 0.2) is 24.3 Å². The third-order valence-electron chi connectivity index (χ3n) is 3.09. The van der Waals surface area contributed by atoms with E-state index in [4.69, 9.17) is 5.11 Å². The van der Waals surface area contributed by atoms with Crippen molar-refractivity contribution < 1.29 is 9.90 Å². The van der Waals surface area contributed by atoms with Crippen LogP contribution in [0.1, 0.15) is 77.6 Å². The van der Waals surface area contributed by atoms with Crippen molar-refractivity contribution in [2.45, 2.75) is 77.6 Å². The Kier molecular flexibility index (Phi) is 14.2. The monoisotopic (exact) mass is 266 g/mol. The molecule has 0 heterocycles. The van der Waals surface area contributed by atoms with Crippen molar-refractivity contribution >= 4 is 5.97 Å². The first-order chi connectivity index (χ1) is 9.27. The molecule has 0 unspecified atom stereocenters. The normalized spacial score (nSPS) is 11.6. The smallest absolute Gasteiger partial charge is 0.307 e. The fourth-order valence-corrected chi connectivity index (χ4v) is 1.91. The van der Waals surface area contributed by atoms with Gasteiger partial charge < -0.3 is 5.11 Å². The van der Waals surface area contributed by atoms with Crippen molar-refractivity contribution in [3.63, 3.8) is 0 Å². The largest absolute Gasteiger partial charge is 0.481 e. The number of allylic oxidation sites excluding steroid dienone is 3. The Balaban J connectivity index is 3.12. The van der Waals surface area contributed by atoms with Gasteiger partial charge in [0.1, 0.15) is 0 Å². The first-order valence-electron chi connectivity index (χ1n) is 7.79. The van der Waals surface area contributed by atoms with Gasteiger partial charge >= 0.3 is 5.97 Å². The highest BCUT2D eigenvalue weighted by atomic mass is 16.4. The van der Waals surface area contributed by atoms with Crippen LogP contribution in [0.25, 0.3) is 0 Å². The van der Waals surface area contributed by atoms with Crippen LogP contribution in [0.4, 0.5) is 0 Å². The summed E-state index contributed by atoms with van der Waals surface area (Å²) < 4.78 is 0. The number of carboxylic acid groups (broad SMARTS) is 1. The van der Waals surface area contributed by atoms with Gasteiger partial charge in [0.2, 0.25) is 0 Å². The molecule has 0 aliphatic heterocycles. The van der Waals surface area contributed by atoms with E-state index < -0.39 is 5.97 Å². The van der Waals surface area contributed by atoms with E-state index in [0.29, 0.717) is 0 Å². The molecule has 0 rings (SSSR count). The van der Waals surface area contributed by atoms with Crippen LogP contribution in [-0.2, 0) is 4.79 Å². The molecule has 0 bridgehead atoms. The quantitative estimate of drug-likeness (QED) is 0.353. The minimum Gasteiger partial charge on any atom is -0.481 e. The van der Waals surface area contributed by atoms with Crippen molar-refractivity contribution in [1.82, 2.24) is 0 Å². The van der Waals surface area contributed by atoms with Crippen molar-refractivity contribution in [3.05, 3.63) is 24.3 Å². The Morgan fingerprint density at radius 2 is 1.26 bits per heavy atom. The molecule has 0 aromatic carbocycles. The maximum absolute atomic E-state index is 10.3. The Hall–Kier alpha value is -1.05. The summed E-state index contributed by atoms with van der Waals surface area (Å²) in [5.74, 6) is -0.747. The highest BCUT2D eigenvalue weighted by Crippen LogP contribution is 2.08. The number of hydrogen-bond acceptors (Lipinski definition) is 1. The summed E-state index contributed by atoms with van der Waals surface area (Å²) in [5, 5.41) is 8.45. The first-order valence-corrected chi connectivity index (χ1v) is 7.79. The van der Waals surface area contributed by atoms with Crippen LogP contribution >= 0.6 is 0 Å². The number of rotatable bonds is 13. The lowest BCUT2D eigenvalue weighted by molar-refractivity contribution is -0.136. The van der Waals surface area contributed by atoms with Crippen LogP contribution in [0.3, 0.4) is 0 Å². The first kappa shape index (κ1) is 17.9. The van der Waals surface area contributed by atoms with Crippen molar-refractivity contribution in [1.29, 1.82) is 0 Å². The van der Waals surface area contributed by atoms with E-state index in [2.05, 4.69) is 19.1 Å². The second kappa shape index (κ2) is 15.0. The van der Waals surface area contributed by atoms with Gasteiger partial charge in [-0.3, -0.25) is 4.79 Å². The van der Waals surface area contributed by atoms with E-state index in [1.807, 2.05) is 6.08 Å². The molecule has 0 aromatic heterocycles. The summed E-state index contributed by atoms with van der Waals surface area (Å²) in [6.45, 7) is 2.23. The summed E-state index contributed by atoms with van der Waals surface area (Å²) in [6, 6.07) is 0. The molecule has 0 spiro atoms. The molecule has 0 saturated heterocycles. The number of hydrogen-bond donors (Lipinski definition) is 1. The van der Waals surface area contributed by atoms with Gasteiger partial charge in [0.25, 0.3) is 0 Å². The van der Waals surface area contributed by atoms with Crippen LogP contribution in [0.5, 0.6) is 0 Å². The van der Waals surface area contributed by atoms with Crippen molar-refractivity contribution in [2.75, 3.05) is 0 Å². The molecule has 0 fully saturated rings.